The highest BCUT2D eigenvalue weighted by Gasteiger charge is 2.25. The summed E-state index contributed by atoms with van der Waals surface area (Å²) in [5.74, 6) is 3.11. The van der Waals surface area contributed by atoms with Gasteiger partial charge < -0.3 is 10.1 Å². The summed E-state index contributed by atoms with van der Waals surface area (Å²) in [6, 6.07) is 13.5. The van der Waals surface area contributed by atoms with Crippen LogP contribution in [0.2, 0.25) is 0 Å². The molecule has 0 saturated carbocycles. The molecule has 4 rings (SSSR count). The van der Waals surface area contributed by atoms with E-state index in [-0.39, 0.29) is 12.0 Å². The number of hydrogen-bond donors (Lipinski definition) is 1. The maximum atomic E-state index is 13.0. The van der Waals surface area contributed by atoms with Crippen LogP contribution in [0, 0.1) is 13.8 Å². The third kappa shape index (κ3) is 4.03. The zero-order valence-corrected chi connectivity index (χ0v) is 18.0. The fourth-order valence-corrected chi connectivity index (χ4v) is 4.53. The maximum Gasteiger partial charge on any atom is 0.256 e. The molecule has 3 aromatic rings. The summed E-state index contributed by atoms with van der Waals surface area (Å²) in [5, 5.41) is 7.92. The molecule has 1 aliphatic rings. The molecule has 29 heavy (non-hydrogen) atoms. The molecule has 1 aliphatic heterocycles. The average Bonchev–Trinajstić information content (AvgIpc) is 3.24. The lowest BCUT2D eigenvalue weighted by Gasteiger charge is -2.14. The Balaban J connectivity index is 1.65. The molecule has 2 aromatic carbocycles. The van der Waals surface area contributed by atoms with Crippen LogP contribution >= 0.6 is 11.8 Å². The number of hydrogen-bond acceptors (Lipinski definition) is 4. The molecule has 0 aliphatic carbocycles. The Hall–Kier alpha value is -2.73. The van der Waals surface area contributed by atoms with E-state index in [1.54, 1.807) is 12.1 Å². The first-order chi connectivity index (χ1) is 13.9. The third-order valence-electron chi connectivity index (χ3n) is 4.85. The predicted octanol–water partition coefficient (Wildman–Crippen LogP) is 5.28. The molecule has 6 heteroatoms. The lowest BCUT2D eigenvalue weighted by atomic mass is 10.1. The van der Waals surface area contributed by atoms with E-state index in [9.17, 15) is 4.79 Å². The smallest absolute Gasteiger partial charge is 0.256 e. The first-order valence-corrected chi connectivity index (χ1v) is 10.9. The van der Waals surface area contributed by atoms with Crippen molar-refractivity contribution < 1.29 is 9.53 Å². The van der Waals surface area contributed by atoms with Crippen LogP contribution in [0.4, 0.5) is 5.82 Å². The average molecular weight is 408 g/mol. The highest BCUT2D eigenvalue weighted by Crippen LogP contribution is 2.36. The summed E-state index contributed by atoms with van der Waals surface area (Å²) in [7, 11) is 0. The Morgan fingerprint density at radius 1 is 1.14 bits per heavy atom. The van der Waals surface area contributed by atoms with Crippen LogP contribution in [0.5, 0.6) is 5.75 Å². The number of anilines is 1. The van der Waals surface area contributed by atoms with Crippen LogP contribution in [0.25, 0.3) is 5.69 Å². The largest absolute Gasteiger partial charge is 0.491 e. The van der Waals surface area contributed by atoms with Gasteiger partial charge in [-0.1, -0.05) is 17.7 Å². The first kappa shape index (κ1) is 19.6. The van der Waals surface area contributed by atoms with Crippen molar-refractivity contribution in [2.75, 3.05) is 5.32 Å². The minimum absolute atomic E-state index is 0.0989. The molecule has 5 nitrogen and oxygen atoms in total. The van der Waals surface area contributed by atoms with E-state index >= 15 is 0 Å². The van der Waals surface area contributed by atoms with Crippen molar-refractivity contribution in [1.82, 2.24) is 9.78 Å². The zero-order chi connectivity index (χ0) is 20.5. The summed E-state index contributed by atoms with van der Waals surface area (Å²) >= 11 is 1.82. The lowest BCUT2D eigenvalue weighted by Crippen LogP contribution is -2.16. The van der Waals surface area contributed by atoms with Crippen LogP contribution in [-0.2, 0) is 11.5 Å². The minimum atomic E-state index is -0.147. The number of aromatic nitrogens is 2. The highest BCUT2D eigenvalue weighted by molar-refractivity contribution is 7.98. The topological polar surface area (TPSA) is 56.2 Å². The van der Waals surface area contributed by atoms with Gasteiger partial charge in [0.15, 0.2) is 0 Å². The molecule has 0 fully saturated rings. The van der Waals surface area contributed by atoms with Gasteiger partial charge >= 0.3 is 0 Å². The molecular formula is C23H25N3O2S. The molecule has 0 bridgehead atoms. The van der Waals surface area contributed by atoms with Gasteiger partial charge in [-0.3, -0.25) is 4.79 Å². The van der Waals surface area contributed by atoms with Gasteiger partial charge in [0.25, 0.3) is 5.91 Å². The molecule has 150 valence electrons. The van der Waals surface area contributed by atoms with Crippen molar-refractivity contribution in [1.29, 1.82) is 0 Å². The SMILES string of the molecule is Cc1ccc(-n2nc3c(c2NC(=O)c2ccc(OC(C)C)cc2)CSC3)c(C)c1. The predicted molar refractivity (Wildman–Crippen MR) is 118 cm³/mol. The molecular weight excluding hydrogens is 382 g/mol. The van der Waals surface area contributed by atoms with E-state index < -0.39 is 0 Å². The quantitative estimate of drug-likeness (QED) is 0.625. The van der Waals surface area contributed by atoms with Crippen molar-refractivity contribution in [2.45, 2.75) is 45.3 Å². The highest BCUT2D eigenvalue weighted by atomic mass is 32.2. The molecule has 0 unspecified atom stereocenters. The monoisotopic (exact) mass is 407 g/mol. The Labute approximate surface area is 175 Å². The Morgan fingerprint density at radius 3 is 2.59 bits per heavy atom. The van der Waals surface area contributed by atoms with Crippen LogP contribution in [0.15, 0.2) is 42.5 Å². The number of amides is 1. The fraction of sp³-hybridized carbons (Fsp3) is 0.304. The third-order valence-corrected chi connectivity index (χ3v) is 5.82. The summed E-state index contributed by atoms with van der Waals surface area (Å²) in [6.45, 7) is 8.11. The Morgan fingerprint density at radius 2 is 1.90 bits per heavy atom. The summed E-state index contributed by atoms with van der Waals surface area (Å²) in [5.41, 5.74) is 6.08. The van der Waals surface area contributed by atoms with Gasteiger partial charge in [0.05, 0.1) is 17.5 Å². The van der Waals surface area contributed by atoms with Crippen LogP contribution < -0.4 is 10.1 Å². The van der Waals surface area contributed by atoms with E-state index in [1.165, 1.54) is 5.56 Å². The number of aryl methyl sites for hydroxylation is 2. The summed E-state index contributed by atoms with van der Waals surface area (Å²) < 4.78 is 7.55. The van der Waals surface area contributed by atoms with Crippen molar-refractivity contribution in [2.24, 2.45) is 0 Å². The van der Waals surface area contributed by atoms with Crippen molar-refractivity contribution in [3.63, 3.8) is 0 Å². The molecule has 0 spiro atoms. The minimum Gasteiger partial charge on any atom is -0.491 e. The Kier molecular flexibility index (Phi) is 5.37. The second-order valence-electron chi connectivity index (χ2n) is 7.61. The normalized spacial score (nSPS) is 12.9. The second kappa shape index (κ2) is 7.95. The molecule has 0 radical (unpaired) electrons. The number of rotatable bonds is 5. The van der Waals surface area contributed by atoms with Gasteiger partial charge in [0, 0.05) is 22.6 Å². The van der Waals surface area contributed by atoms with E-state index in [2.05, 4.69) is 37.4 Å². The number of nitrogens with zero attached hydrogens (tertiary/aromatic N) is 2. The number of nitrogens with one attached hydrogen (secondary N) is 1. The molecule has 1 N–H and O–H groups in total. The van der Waals surface area contributed by atoms with E-state index in [4.69, 9.17) is 9.84 Å². The van der Waals surface area contributed by atoms with Gasteiger partial charge in [0.1, 0.15) is 11.6 Å². The first-order valence-electron chi connectivity index (χ1n) is 9.76. The van der Waals surface area contributed by atoms with Crippen molar-refractivity contribution in [3.05, 3.63) is 70.4 Å². The second-order valence-corrected chi connectivity index (χ2v) is 8.60. The number of carbonyl (C=O) groups excluding carboxylic acids is 1. The van der Waals surface area contributed by atoms with E-state index in [0.717, 1.165) is 45.6 Å². The van der Waals surface area contributed by atoms with Crippen molar-refractivity contribution >= 4 is 23.5 Å². The fourth-order valence-electron chi connectivity index (χ4n) is 3.50. The van der Waals surface area contributed by atoms with Crippen molar-refractivity contribution in [3.8, 4) is 11.4 Å². The lowest BCUT2D eigenvalue weighted by molar-refractivity contribution is 0.102. The van der Waals surface area contributed by atoms with Gasteiger partial charge in [0.2, 0.25) is 0 Å². The van der Waals surface area contributed by atoms with Gasteiger partial charge in [-0.15, -0.1) is 0 Å². The summed E-state index contributed by atoms with van der Waals surface area (Å²) in [4.78, 5) is 13.0. The number of fused-ring (bicyclic) bond motifs is 1. The van der Waals surface area contributed by atoms with E-state index in [1.807, 2.05) is 42.4 Å². The number of thioether (sulfide) groups is 1. The molecule has 1 aromatic heterocycles. The molecule has 2 heterocycles. The number of carbonyl (C=O) groups is 1. The molecule has 0 atom stereocenters. The number of ether oxygens (including phenoxy) is 1. The maximum absolute atomic E-state index is 13.0. The molecule has 0 saturated heterocycles. The summed E-state index contributed by atoms with van der Waals surface area (Å²) in [6.07, 6.45) is 0.0989. The molecule has 1 amide bonds. The van der Waals surface area contributed by atoms with Gasteiger partial charge in [-0.25, -0.2) is 4.68 Å². The van der Waals surface area contributed by atoms with Crippen LogP contribution in [0.3, 0.4) is 0 Å². The van der Waals surface area contributed by atoms with Gasteiger partial charge in [-0.2, -0.15) is 16.9 Å². The van der Waals surface area contributed by atoms with Gasteiger partial charge in [-0.05, 0) is 63.6 Å². The Bertz CT molecular complexity index is 1050. The number of benzene rings is 2. The zero-order valence-electron chi connectivity index (χ0n) is 17.2. The van der Waals surface area contributed by atoms with Crippen LogP contribution in [-0.4, -0.2) is 21.8 Å². The standard InChI is InChI=1S/C23H25N3O2S/c1-14(2)28-18-8-6-17(7-9-18)23(27)24-22-19-12-29-13-20(19)25-26(22)21-10-5-15(3)11-16(21)4/h5-11,14H,12-13H2,1-4H3,(H,24,27). The van der Waals surface area contributed by atoms with E-state index in [0.29, 0.717) is 5.56 Å². The van der Waals surface area contributed by atoms with Crippen LogP contribution in [0.1, 0.15) is 46.6 Å².